The molecule has 0 aliphatic rings. The van der Waals surface area contributed by atoms with Crippen LogP contribution in [-0.2, 0) is 4.79 Å². The minimum absolute atomic E-state index is 0.104. The topological polar surface area (TPSA) is 69.2 Å². The molecule has 0 spiro atoms. The number of aryl methyl sites for hydroxylation is 1. The minimum atomic E-state index is -0.330. The lowest BCUT2D eigenvalue weighted by Crippen LogP contribution is -2.25. The zero-order valence-electron chi connectivity index (χ0n) is 14.8. The van der Waals surface area contributed by atoms with E-state index >= 15 is 0 Å². The fourth-order valence-electron chi connectivity index (χ4n) is 2.17. The van der Waals surface area contributed by atoms with Crippen molar-refractivity contribution in [2.75, 3.05) is 20.8 Å². The molecule has 0 unspecified atom stereocenters. The smallest absolute Gasteiger partial charge is 0.277 e. The van der Waals surface area contributed by atoms with Crippen LogP contribution in [0, 0.1) is 6.92 Å². The Balaban J connectivity index is 1.96. The third-order valence-corrected chi connectivity index (χ3v) is 3.60. The highest BCUT2D eigenvalue weighted by molar-refractivity contribution is 5.99. The molecule has 2 aromatic rings. The summed E-state index contributed by atoms with van der Waals surface area (Å²) in [6.45, 7) is 3.61. The van der Waals surface area contributed by atoms with Crippen LogP contribution in [0.5, 0.6) is 17.2 Å². The fourth-order valence-corrected chi connectivity index (χ4v) is 2.17. The van der Waals surface area contributed by atoms with Crippen molar-refractivity contribution < 1.29 is 19.0 Å². The normalized spacial score (nSPS) is 11.0. The molecule has 2 rings (SSSR count). The van der Waals surface area contributed by atoms with Gasteiger partial charge in [0, 0.05) is 5.56 Å². The van der Waals surface area contributed by atoms with Crippen molar-refractivity contribution in [1.29, 1.82) is 0 Å². The van der Waals surface area contributed by atoms with Gasteiger partial charge in [-0.15, -0.1) is 0 Å². The van der Waals surface area contributed by atoms with Gasteiger partial charge in [0.15, 0.2) is 18.1 Å². The van der Waals surface area contributed by atoms with E-state index < -0.39 is 0 Å². The first kappa shape index (κ1) is 18.3. The Labute approximate surface area is 147 Å². The maximum absolute atomic E-state index is 11.9. The summed E-state index contributed by atoms with van der Waals surface area (Å²) >= 11 is 0. The molecule has 1 N–H and O–H groups in total. The molecule has 2 aromatic carbocycles. The van der Waals surface area contributed by atoms with Crippen molar-refractivity contribution in [3.8, 4) is 17.2 Å². The van der Waals surface area contributed by atoms with Crippen LogP contribution in [0.2, 0.25) is 0 Å². The number of carbonyl (C=O) groups is 1. The maximum Gasteiger partial charge on any atom is 0.277 e. The van der Waals surface area contributed by atoms with Crippen molar-refractivity contribution in [1.82, 2.24) is 5.43 Å². The summed E-state index contributed by atoms with van der Waals surface area (Å²) in [6, 6.07) is 13.0. The Morgan fingerprint density at radius 3 is 2.44 bits per heavy atom. The van der Waals surface area contributed by atoms with Gasteiger partial charge in [0.1, 0.15) is 5.75 Å². The Morgan fingerprint density at radius 2 is 1.76 bits per heavy atom. The first-order chi connectivity index (χ1) is 12.0. The average molecular weight is 342 g/mol. The molecule has 0 heterocycles. The SMILES string of the molecule is COc1ccc(C(C)=NNC(=O)COc2ccccc2C)cc1OC. The Morgan fingerprint density at radius 1 is 1.04 bits per heavy atom. The second-order valence-corrected chi connectivity index (χ2v) is 5.36. The molecule has 0 radical (unpaired) electrons. The highest BCUT2D eigenvalue weighted by Crippen LogP contribution is 2.27. The lowest BCUT2D eigenvalue weighted by atomic mass is 10.1. The molecule has 6 heteroatoms. The van der Waals surface area contributed by atoms with E-state index in [4.69, 9.17) is 14.2 Å². The van der Waals surface area contributed by atoms with E-state index in [0.717, 1.165) is 11.1 Å². The van der Waals surface area contributed by atoms with Crippen LogP contribution in [0.1, 0.15) is 18.1 Å². The van der Waals surface area contributed by atoms with Crippen LogP contribution in [0.4, 0.5) is 0 Å². The molecular weight excluding hydrogens is 320 g/mol. The highest BCUT2D eigenvalue weighted by atomic mass is 16.5. The first-order valence-corrected chi connectivity index (χ1v) is 7.79. The van der Waals surface area contributed by atoms with Crippen molar-refractivity contribution >= 4 is 11.6 Å². The summed E-state index contributed by atoms with van der Waals surface area (Å²) in [6.07, 6.45) is 0. The van der Waals surface area contributed by atoms with Crippen molar-refractivity contribution in [3.63, 3.8) is 0 Å². The molecule has 1 amide bonds. The van der Waals surface area contributed by atoms with Gasteiger partial charge < -0.3 is 14.2 Å². The van der Waals surface area contributed by atoms with E-state index in [0.29, 0.717) is 23.0 Å². The van der Waals surface area contributed by atoms with Crippen LogP contribution >= 0.6 is 0 Å². The molecule has 0 aromatic heterocycles. The maximum atomic E-state index is 11.9. The average Bonchev–Trinajstić information content (AvgIpc) is 2.64. The van der Waals surface area contributed by atoms with Gasteiger partial charge in [-0.2, -0.15) is 5.10 Å². The Hall–Kier alpha value is -3.02. The van der Waals surface area contributed by atoms with E-state index in [9.17, 15) is 4.79 Å². The van der Waals surface area contributed by atoms with E-state index in [1.165, 1.54) is 0 Å². The minimum Gasteiger partial charge on any atom is -0.493 e. The molecule has 0 aliphatic carbocycles. The molecule has 0 aliphatic heterocycles. The van der Waals surface area contributed by atoms with Gasteiger partial charge in [-0.3, -0.25) is 4.79 Å². The van der Waals surface area contributed by atoms with Gasteiger partial charge in [0.25, 0.3) is 5.91 Å². The van der Waals surface area contributed by atoms with Crippen LogP contribution in [-0.4, -0.2) is 32.4 Å². The number of methoxy groups -OCH3 is 2. The summed E-state index contributed by atoms with van der Waals surface area (Å²) in [7, 11) is 3.14. The van der Waals surface area contributed by atoms with Gasteiger partial charge >= 0.3 is 0 Å². The summed E-state index contributed by atoms with van der Waals surface area (Å²) in [5.41, 5.74) is 4.92. The molecule has 6 nitrogen and oxygen atoms in total. The second-order valence-electron chi connectivity index (χ2n) is 5.36. The number of para-hydroxylation sites is 1. The van der Waals surface area contributed by atoms with Crippen molar-refractivity contribution in [2.24, 2.45) is 5.10 Å². The third kappa shape index (κ3) is 4.97. The van der Waals surface area contributed by atoms with Crippen LogP contribution in [0.25, 0.3) is 0 Å². The van der Waals surface area contributed by atoms with E-state index in [1.54, 1.807) is 33.3 Å². The molecule has 0 saturated heterocycles. The predicted molar refractivity (Wildman–Crippen MR) is 96.6 cm³/mol. The molecule has 132 valence electrons. The first-order valence-electron chi connectivity index (χ1n) is 7.79. The number of nitrogens with zero attached hydrogens (tertiary/aromatic N) is 1. The molecule has 25 heavy (non-hydrogen) atoms. The molecule has 0 saturated carbocycles. The largest absolute Gasteiger partial charge is 0.493 e. The summed E-state index contributed by atoms with van der Waals surface area (Å²) in [4.78, 5) is 11.9. The summed E-state index contributed by atoms with van der Waals surface area (Å²) in [5, 5.41) is 4.10. The number of hydrogen-bond donors (Lipinski definition) is 1. The predicted octanol–water partition coefficient (Wildman–Crippen LogP) is 2.93. The number of carbonyl (C=O) groups excluding carboxylic acids is 1. The quantitative estimate of drug-likeness (QED) is 0.620. The van der Waals surface area contributed by atoms with Gasteiger partial charge in [-0.05, 0) is 43.7 Å². The van der Waals surface area contributed by atoms with Crippen molar-refractivity contribution in [2.45, 2.75) is 13.8 Å². The van der Waals surface area contributed by atoms with E-state index in [1.807, 2.05) is 37.3 Å². The van der Waals surface area contributed by atoms with Crippen LogP contribution in [0.15, 0.2) is 47.6 Å². The monoisotopic (exact) mass is 342 g/mol. The van der Waals surface area contributed by atoms with Gasteiger partial charge in [-0.1, -0.05) is 18.2 Å². The number of ether oxygens (including phenoxy) is 3. The number of hydrazone groups is 1. The zero-order chi connectivity index (χ0) is 18.2. The number of amides is 1. The molecule has 0 bridgehead atoms. The van der Waals surface area contributed by atoms with Crippen LogP contribution < -0.4 is 19.6 Å². The summed E-state index contributed by atoms with van der Waals surface area (Å²) < 4.78 is 16.0. The zero-order valence-corrected chi connectivity index (χ0v) is 14.8. The lowest BCUT2D eigenvalue weighted by molar-refractivity contribution is -0.123. The second kappa shape index (κ2) is 8.73. The number of nitrogens with one attached hydrogen (secondary N) is 1. The third-order valence-electron chi connectivity index (χ3n) is 3.60. The van der Waals surface area contributed by atoms with Crippen molar-refractivity contribution in [3.05, 3.63) is 53.6 Å². The standard InChI is InChI=1S/C19H22N2O4/c1-13-7-5-6-8-16(13)25-12-19(22)21-20-14(2)15-9-10-17(23-3)18(11-15)24-4/h5-11H,12H2,1-4H3,(H,21,22). The van der Waals surface area contributed by atoms with E-state index in [2.05, 4.69) is 10.5 Å². The van der Waals surface area contributed by atoms with Gasteiger partial charge in [0.05, 0.1) is 19.9 Å². The molecule has 0 fully saturated rings. The molecular formula is C19H22N2O4. The Bertz CT molecular complexity index is 772. The van der Waals surface area contributed by atoms with Crippen LogP contribution in [0.3, 0.4) is 0 Å². The molecule has 0 atom stereocenters. The number of hydrogen-bond acceptors (Lipinski definition) is 5. The lowest BCUT2D eigenvalue weighted by Gasteiger charge is -2.10. The number of rotatable bonds is 7. The number of benzene rings is 2. The van der Waals surface area contributed by atoms with E-state index in [-0.39, 0.29) is 12.5 Å². The fraction of sp³-hybridized carbons (Fsp3) is 0.263. The summed E-state index contributed by atoms with van der Waals surface area (Å²) in [5.74, 6) is 1.58. The Kier molecular flexibility index (Phi) is 6.39. The van der Waals surface area contributed by atoms with Gasteiger partial charge in [0.2, 0.25) is 0 Å². The van der Waals surface area contributed by atoms with Gasteiger partial charge in [-0.25, -0.2) is 5.43 Å². The highest BCUT2D eigenvalue weighted by Gasteiger charge is 2.08.